The van der Waals surface area contributed by atoms with Gasteiger partial charge in [0, 0.05) is 6.42 Å². The summed E-state index contributed by atoms with van der Waals surface area (Å²) in [6, 6.07) is 12.5. The molecule has 1 fully saturated rings. The maximum Gasteiger partial charge on any atom is 0.408 e. The summed E-state index contributed by atoms with van der Waals surface area (Å²) in [7, 11) is -3.96. The zero-order valence-electron chi connectivity index (χ0n) is 20.1. The van der Waals surface area contributed by atoms with Crippen LogP contribution < -0.4 is 5.32 Å². The molecule has 33 heavy (non-hydrogen) atoms. The molecule has 0 unspecified atom stereocenters. The summed E-state index contributed by atoms with van der Waals surface area (Å²) in [5.74, 6) is -0.234. The van der Waals surface area contributed by atoms with Gasteiger partial charge in [-0.15, -0.1) is 0 Å². The molecule has 0 bridgehead atoms. The van der Waals surface area contributed by atoms with Crippen LogP contribution in [0.25, 0.3) is 10.8 Å². The fraction of sp³-hybridized carbons (Fsp3) is 0.520. The summed E-state index contributed by atoms with van der Waals surface area (Å²) >= 11 is 0. The van der Waals surface area contributed by atoms with Crippen LogP contribution >= 0.6 is 7.60 Å². The maximum atomic E-state index is 14.2. The van der Waals surface area contributed by atoms with Gasteiger partial charge in [0.05, 0.1) is 19.3 Å². The molecule has 0 aromatic heterocycles. The van der Waals surface area contributed by atoms with Gasteiger partial charge in [-0.1, -0.05) is 36.4 Å². The highest BCUT2D eigenvalue weighted by atomic mass is 31.2. The number of carbonyl (C=O) groups excluding carboxylic acids is 2. The van der Waals surface area contributed by atoms with E-state index in [0.717, 1.165) is 10.8 Å². The van der Waals surface area contributed by atoms with Crippen LogP contribution in [0, 0.1) is 0 Å². The van der Waals surface area contributed by atoms with Crippen molar-refractivity contribution in [2.75, 3.05) is 13.2 Å². The van der Waals surface area contributed by atoms with E-state index in [9.17, 15) is 14.2 Å². The van der Waals surface area contributed by atoms with E-state index in [0.29, 0.717) is 12.0 Å². The molecule has 0 saturated heterocycles. The van der Waals surface area contributed by atoms with Crippen molar-refractivity contribution >= 4 is 30.2 Å². The number of hydrogen-bond donors (Lipinski definition) is 1. The molecule has 1 aliphatic rings. The van der Waals surface area contributed by atoms with E-state index in [2.05, 4.69) is 5.32 Å². The molecule has 2 aromatic carbocycles. The second-order valence-corrected chi connectivity index (χ2v) is 11.5. The van der Waals surface area contributed by atoms with Crippen LogP contribution in [-0.4, -0.2) is 35.8 Å². The highest BCUT2D eigenvalue weighted by molar-refractivity contribution is 7.57. The second-order valence-electron chi connectivity index (χ2n) is 9.22. The lowest BCUT2D eigenvalue weighted by Gasteiger charge is -2.41. The predicted octanol–water partition coefficient (Wildman–Crippen LogP) is 6.16. The third-order valence-corrected chi connectivity index (χ3v) is 8.68. The van der Waals surface area contributed by atoms with E-state index < -0.39 is 30.5 Å². The first-order valence-corrected chi connectivity index (χ1v) is 13.0. The van der Waals surface area contributed by atoms with E-state index in [1.165, 1.54) is 0 Å². The van der Waals surface area contributed by atoms with Crippen molar-refractivity contribution < 1.29 is 27.9 Å². The Hall–Kier alpha value is -2.21. The summed E-state index contributed by atoms with van der Waals surface area (Å²) in [6.07, 6.45) is 0.350. The van der Waals surface area contributed by atoms with Crippen LogP contribution in [0.1, 0.15) is 65.5 Å². The highest BCUT2D eigenvalue weighted by Crippen LogP contribution is 2.68. The van der Waals surface area contributed by atoms with Crippen molar-refractivity contribution in [1.29, 1.82) is 0 Å². The van der Waals surface area contributed by atoms with Crippen LogP contribution in [0.2, 0.25) is 0 Å². The Morgan fingerprint density at radius 3 is 2.27 bits per heavy atom. The average Bonchev–Trinajstić information content (AvgIpc) is 3.13. The zero-order chi connectivity index (χ0) is 24.3. The molecule has 0 heterocycles. The molecule has 0 spiro atoms. The van der Waals surface area contributed by atoms with Gasteiger partial charge >= 0.3 is 13.7 Å². The number of carbonyl (C=O) groups is 2. The summed E-state index contributed by atoms with van der Waals surface area (Å²) in [6.45, 7) is 8.95. The summed E-state index contributed by atoms with van der Waals surface area (Å²) in [5, 5.41) is 3.29. The van der Waals surface area contributed by atoms with Crippen LogP contribution in [0.3, 0.4) is 0 Å². The Labute approximate surface area is 195 Å². The third kappa shape index (κ3) is 5.16. The van der Waals surface area contributed by atoms with Crippen molar-refractivity contribution in [1.82, 2.24) is 5.32 Å². The van der Waals surface area contributed by atoms with E-state index >= 15 is 0 Å². The molecule has 8 heteroatoms. The molecule has 0 radical (unpaired) electrons. The first kappa shape index (κ1) is 25.4. The predicted molar refractivity (Wildman–Crippen MR) is 129 cm³/mol. The van der Waals surface area contributed by atoms with Crippen molar-refractivity contribution in [3.05, 3.63) is 48.0 Å². The topological polar surface area (TPSA) is 90.9 Å². The number of rotatable bonds is 8. The average molecular weight is 476 g/mol. The van der Waals surface area contributed by atoms with Gasteiger partial charge in [0.15, 0.2) is 10.9 Å². The van der Waals surface area contributed by atoms with E-state index in [-0.39, 0.29) is 31.8 Å². The van der Waals surface area contributed by atoms with Gasteiger partial charge in [0.25, 0.3) is 0 Å². The summed E-state index contributed by atoms with van der Waals surface area (Å²) in [5.41, 5.74) is -0.0940. The number of fused-ring (bicyclic) bond motifs is 1. The number of ketones is 1. The summed E-state index contributed by atoms with van der Waals surface area (Å²) < 4.78 is 31.2. The number of Topliss-reactive ketones (excluding diaryl/α,β-unsaturated/α-hetero) is 1. The summed E-state index contributed by atoms with van der Waals surface area (Å²) in [4.78, 5) is 26.5. The monoisotopic (exact) mass is 475 g/mol. The molecular formula is C25H34NO6P. The number of nitrogens with one attached hydrogen (secondary N) is 1. The van der Waals surface area contributed by atoms with Crippen molar-refractivity contribution in [2.24, 2.45) is 0 Å². The fourth-order valence-corrected chi connectivity index (χ4v) is 7.12. The lowest BCUT2D eigenvalue weighted by atomic mass is 9.88. The number of benzene rings is 2. The standard InChI is InChI=1S/C25H34NO6P/c1-6-30-33(29,31-7-2)25(16-10-13-21(25)27)22(26-23(28)32-24(3,4)5)20-15-14-18-11-8-9-12-19(18)17-20/h8-9,11-12,14-15,17,22H,6-7,10,13,16H2,1-5H3,(H,26,28)/t22-,25-/m1/s1. The zero-order valence-corrected chi connectivity index (χ0v) is 20.9. The lowest BCUT2D eigenvalue weighted by Crippen LogP contribution is -2.50. The minimum atomic E-state index is -3.96. The van der Waals surface area contributed by atoms with Gasteiger partial charge in [0.2, 0.25) is 0 Å². The van der Waals surface area contributed by atoms with Gasteiger partial charge < -0.3 is 19.1 Å². The SMILES string of the molecule is CCOP(=O)(OCC)[C@]1([C@H](NC(=O)OC(C)(C)C)c2ccc3ccccc3c2)CCCC1=O. The van der Waals surface area contributed by atoms with Gasteiger partial charge in [-0.2, -0.15) is 0 Å². The molecule has 0 aliphatic heterocycles. The van der Waals surface area contributed by atoms with Crippen molar-refractivity contribution in [2.45, 2.75) is 70.7 Å². The second kappa shape index (κ2) is 9.96. The van der Waals surface area contributed by atoms with E-state index in [1.54, 1.807) is 34.6 Å². The Balaban J connectivity index is 2.20. The Morgan fingerprint density at radius 1 is 1.09 bits per heavy atom. The largest absolute Gasteiger partial charge is 0.444 e. The Morgan fingerprint density at radius 2 is 1.73 bits per heavy atom. The van der Waals surface area contributed by atoms with Gasteiger partial charge in [-0.3, -0.25) is 9.36 Å². The molecule has 1 amide bonds. The normalized spacial score (nSPS) is 20.1. The smallest absolute Gasteiger partial charge is 0.408 e. The molecule has 1 aliphatic carbocycles. The van der Waals surface area contributed by atoms with Gasteiger partial charge in [-0.05, 0) is 69.9 Å². The number of amides is 1. The highest BCUT2D eigenvalue weighted by Gasteiger charge is 2.63. The number of ether oxygens (including phenoxy) is 1. The van der Waals surface area contributed by atoms with Gasteiger partial charge in [-0.25, -0.2) is 4.79 Å². The molecule has 7 nitrogen and oxygen atoms in total. The van der Waals surface area contributed by atoms with Gasteiger partial charge in [0.1, 0.15) is 5.60 Å². The first-order chi connectivity index (χ1) is 15.6. The van der Waals surface area contributed by atoms with Crippen molar-refractivity contribution in [3.8, 4) is 0 Å². The molecule has 3 rings (SSSR count). The molecule has 1 N–H and O–H groups in total. The fourth-order valence-electron chi connectivity index (χ4n) is 4.53. The molecule has 2 aromatic rings. The molecular weight excluding hydrogens is 441 g/mol. The quantitative estimate of drug-likeness (QED) is 0.460. The Bertz CT molecular complexity index is 1050. The third-order valence-electron chi connectivity index (χ3n) is 5.78. The van der Waals surface area contributed by atoms with Crippen LogP contribution in [-0.2, 0) is 23.1 Å². The first-order valence-electron chi connectivity index (χ1n) is 11.5. The minimum absolute atomic E-state index is 0.114. The maximum absolute atomic E-state index is 14.2. The van der Waals surface area contributed by atoms with Crippen LogP contribution in [0.5, 0.6) is 0 Å². The Kier molecular flexibility index (Phi) is 7.67. The number of alkyl carbamates (subject to hydrolysis) is 1. The van der Waals surface area contributed by atoms with Crippen LogP contribution in [0.15, 0.2) is 42.5 Å². The molecule has 1 saturated carbocycles. The molecule has 2 atom stereocenters. The lowest BCUT2D eigenvalue weighted by molar-refractivity contribution is -0.120. The van der Waals surface area contributed by atoms with Crippen molar-refractivity contribution in [3.63, 3.8) is 0 Å². The van der Waals surface area contributed by atoms with Crippen LogP contribution in [0.4, 0.5) is 4.79 Å². The minimum Gasteiger partial charge on any atom is -0.444 e. The number of hydrogen-bond acceptors (Lipinski definition) is 6. The molecule has 180 valence electrons. The van der Waals surface area contributed by atoms with E-state index in [4.69, 9.17) is 13.8 Å². The van der Waals surface area contributed by atoms with E-state index in [1.807, 2.05) is 42.5 Å².